The number of piperidine rings is 1. The Morgan fingerprint density at radius 1 is 1.18 bits per heavy atom. The molecular formula is C23H26N2O3. The van der Waals surface area contributed by atoms with Gasteiger partial charge in [0.05, 0.1) is 11.7 Å². The number of aromatic nitrogens is 1. The standard InChI is InChI=1S/C23H26N2O3/c1-28-23-13-22(27,11-19(26)15-6-3-2-4-7-15)14-25-20(23)10-16-12-24-18-9-5-8-17(23)21(16)18/h2-9,12,19-20,24-27H,10-11,13-14H2,1H3/t19?,20-,22-,23+/m1/s1. The average molecular weight is 378 g/mol. The summed E-state index contributed by atoms with van der Waals surface area (Å²) in [6, 6.07) is 15.8. The van der Waals surface area contributed by atoms with Gasteiger partial charge in [-0.1, -0.05) is 42.5 Å². The second-order valence-electron chi connectivity index (χ2n) is 8.30. The summed E-state index contributed by atoms with van der Waals surface area (Å²) in [5.41, 5.74) is 2.62. The molecule has 28 heavy (non-hydrogen) atoms. The molecule has 1 saturated heterocycles. The average Bonchev–Trinajstić information content (AvgIpc) is 3.13. The highest BCUT2D eigenvalue weighted by molar-refractivity contribution is 5.88. The lowest BCUT2D eigenvalue weighted by molar-refractivity contribution is -0.148. The van der Waals surface area contributed by atoms with Gasteiger partial charge in [-0.25, -0.2) is 0 Å². The molecule has 1 aliphatic heterocycles. The van der Waals surface area contributed by atoms with Gasteiger partial charge in [-0.05, 0) is 29.2 Å². The van der Waals surface area contributed by atoms with Crippen molar-refractivity contribution in [3.05, 3.63) is 71.4 Å². The van der Waals surface area contributed by atoms with E-state index < -0.39 is 17.3 Å². The summed E-state index contributed by atoms with van der Waals surface area (Å²) in [5, 5.41) is 27.0. The van der Waals surface area contributed by atoms with Crippen LogP contribution in [0, 0.1) is 0 Å². The highest BCUT2D eigenvalue weighted by Gasteiger charge is 2.54. The summed E-state index contributed by atoms with van der Waals surface area (Å²) in [5.74, 6) is 0. The van der Waals surface area contributed by atoms with E-state index in [1.165, 1.54) is 10.9 Å². The van der Waals surface area contributed by atoms with E-state index in [-0.39, 0.29) is 12.5 Å². The maximum Gasteiger partial charge on any atom is 0.112 e. The summed E-state index contributed by atoms with van der Waals surface area (Å²) in [7, 11) is 1.73. The van der Waals surface area contributed by atoms with Crippen molar-refractivity contribution in [2.45, 2.75) is 42.6 Å². The van der Waals surface area contributed by atoms with Crippen LogP contribution in [0.4, 0.5) is 0 Å². The van der Waals surface area contributed by atoms with Gasteiger partial charge >= 0.3 is 0 Å². The third kappa shape index (κ3) is 2.62. The van der Waals surface area contributed by atoms with Gasteiger partial charge in [-0.3, -0.25) is 0 Å². The van der Waals surface area contributed by atoms with E-state index in [2.05, 4.69) is 28.6 Å². The van der Waals surface area contributed by atoms with E-state index >= 15 is 0 Å². The van der Waals surface area contributed by atoms with Crippen molar-refractivity contribution in [1.29, 1.82) is 0 Å². The highest BCUT2D eigenvalue weighted by Crippen LogP contribution is 2.49. The molecule has 1 aromatic heterocycles. The molecule has 146 valence electrons. The van der Waals surface area contributed by atoms with Crippen molar-refractivity contribution in [3.63, 3.8) is 0 Å². The number of hydrogen-bond donors (Lipinski definition) is 4. The summed E-state index contributed by atoms with van der Waals surface area (Å²) in [6.45, 7) is 0.433. The predicted octanol–water partition coefficient (Wildman–Crippen LogP) is 2.78. The number of methoxy groups -OCH3 is 1. The van der Waals surface area contributed by atoms with Crippen molar-refractivity contribution >= 4 is 10.9 Å². The molecule has 5 heteroatoms. The van der Waals surface area contributed by atoms with E-state index in [9.17, 15) is 10.2 Å². The molecule has 2 heterocycles. The third-order valence-corrected chi connectivity index (χ3v) is 6.62. The molecule has 5 nitrogen and oxygen atoms in total. The minimum absolute atomic E-state index is 0.0838. The number of aliphatic hydroxyl groups is 2. The minimum Gasteiger partial charge on any atom is -0.388 e. The highest BCUT2D eigenvalue weighted by atomic mass is 16.5. The van der Waals surface area contributed by atoms with Crippen molar-refractivity contribution in [2.75, 3.05) is 13.7 Å². The number of rotatable bonds is 4. The number of H-pyrrole nitrogens is 1. The maximum atomic E-state index is 11.5. The molecule has 0 bridgehead atoms. The lowest BCUT2D eigenvalue weighted by Crippen LogP contribution is -2.65. The first-order valence-electron chi connectivity index (χ1n) is 9.88. The molecule has 2 aliphatic rings. The summed E-state index contributed by atoms with van der Waals surface area (Å²) < 4.78 is 6.16. The van der Waals surface area contributed by atoms with E-state index in [1.807, 2.05) is 36.4 Å². The zero-order chi connectivity index (χ0) is 19.4. The molecule has 1 fully saturated rings. The van der Waals surface area contributed by atoms with E-state index in [0.717, 1.165) is 23.1 Å². The van der Waals surface area contributed by atoms with Crippen LogP contribution in [0.1, 0.15) is 35.6 Å². The lowest BCUT2D eigenvalue weighted by Gasteiger charge is -2.52. The van der Waals surface area contributed by atoms with Crippen LogP contribution in [0.2, 0.25) is 0 Å². The van der Waals surface area contributed by atoms with Gasteiger partial charge in [-0.15, -0.1) is 0 Å². The number of aromatic amines is 1. The Balaban J connectivity index is 1.52. The number of β-amino-alcohol motifs (C(OH)–C–C–N with tert-alkyl or cyclic N) is 1. The first-order chi connectivity index (χ1) is 13.5. The van der Waals surface area contributed by atoms with Gasteiger partial charge in [0.15, 0.2) is 0 Å². The van der Waals surface area contributed by atoms with Crippen LogP contribution < -0.4 is 5.32 Å². The van der Waals surface area contributed by atoms with Gasteiger partial charge in [0.2, 0.25) is 0 Å². The fourth-order valence-electron chi connectivity index (χ4n) is 5.28. The molecular weight excluding hydrogens is 352 g/mol. The first kappa shape index (κ1) is 17.9. The zero-order valence-electron chi connectivity index (χ0n) is 16.0. The van der Waals surface area contributed by atoms with Crippen molar-refractivity contribution in [1.82, 2.24) is 10.3 Å². The number of nitrogens with one attached hydrogen (secondary N) is 2. The molecule has 4 atom stereocenters. The van der Waals surface area contributed by atoms with E-state index in [4.69, 9.17) is 4.74 Å². The topological polar surface area (TPSA) is 77.5 Å². The maximum absolute atomic E-state index is 11.5. The Morgan fingerprint density at radius 3 is 2.79 bits per heavy atom. The minimum atomic E-state index is -1.07. The molecule has 2 aromatic carbocycles. The zero-order valence-corrected chi connectivity index (χ0v) is 16.0. The van der Waals surface area contributed by atoms with Crippen molar-refractivity contribution in [3.8, 4) is 0 Å². The summed E-state index contributed by atoms with van der Waals surface area (Å²) in [6.07, 6.45) is 2.91. The molecule has 5 rings (SSSR count). The Bertz CT molecular complexity index is 1000. The lowest BCUT2D eigenvalue weighted by atomic mass is 9.67. The third-order valence-electron chi connectivity index (χ3n) is 6.62. The van der Waals surface area contributed by atoms with Crippen molar-refractivity contribution in [2.24, 2.45) is 0 Å². The second-order valence-corrected chi connectivity index (χ2v) is 8.30. The summed E-state index contributed by atoms with van der Waals surface area (Å²) in [4.78, 5) is 3.36. The quantitative estimate of drug-likeness (QED) is 0.563. The number of ether oxygens (including phenoxy) is 1. The molecule has 0 spiro atoms. The number of aliphatic hydroxyl groups excluding tert-OH is 1. The van der Waals surface area contributed by atoms with E-state index in [0.29, 0.717) is 13.0 Å². The van der Waals surface area contributed by atoms with Crippen LogP contribution in [0.25, 0.3) is 10.9 Å². The molecule has 1 aliphatic carbocycles. The van der Waals surface area contributed by atoms with Crippen LogP contribution in [-0.4, -0.2) is 40.5 Å². The smallest absolute Gasteiger partial charge is 0.112 e. The molecule has 0 radical (unpaired) electrons. The molecule has 1 unspecified atom stereocenters. The summed E-state index contributed by atoms with van der Waals surface area (Å²) >= 11 is 0. The van der Waals surface area contributed by atoms with Gasteiger partial charge in [0.25, 0.3) is 0 Å². The van der Waals surface area contributed by atoms with Crippen LogP contribution >= 0.6 is 0 Å². The molecule has 3 aromatic rings. The van der Waals surface area contributed by atoms with Crippen molar-refractivity contribution < 1.29 is 14.9 Å². The Kier molecular flexibility index (Phi) is 4.10. The van der Waals surface area contributed by atoms with Gasteiger partial charge in [-0.2, -0.15) is 0 Å². The largest absolute Gasteiger partial charge is 0.388 e. The monoisotopic (exact) mass is 378 g/mol. The molecule has 4 N–H and O–H groups in total. The van der Waals surface area contributed by atoms with Crippen LogP contribution in [-0.2, 0) is 16.8 Å². The first-order valence-corrected chi connectivity index (χ1v) is 9.88. The normalized spacial score (nSPS) is 30.2. The number of benzene rings is 2. The van der Waals surface area contributed by atoms with Crippen LogP contribution in [0.15, 0.2) is 54.7 Å². The van der Waals surface area contributed by atoms with E-state index in [1.54, 1.807) is 7.11 Å². The number of fused-ring (bicyclic) bond motifs is 2. The Morgan fingerprint density at radius 2 is 2.00 bits per heavy atom. The Hall–Kier alpha value is -2.18. The SMILES string of the molecule is CO[C@]12C[C@](O)(CC(O)c3ccccc3)CN[C@@H]1Cc1c[nH]c3cccc2c13. The number of hydrogen-bond acceptors (Lipinski definition) is 4. The predicted molar refractivity (Wildman–Crippen MR) is 108 cm³/mol. The van der Waals surface area contributed by atoms with Crippen LogP contribution in [0.3, 0.4) is 0 Å². The second kappa shape index (κ2) is 6.42. The molecule has 0 saturated carbocycles. The van der Waals surface area contributed by atoms with Gasteiger partial charge in [0.1, 0.15) is 5.60 Å². The fourth-order valence-corrected chi connectivity index (χ4v) is 5.28. The Labute approximate surface area is 164 Å². The molecule has 0 amide bonds. The van der Waals surface area contributed by atoms with Gasteiger partial charge in [0, 0.05) is 49.6 Å². The van der Waals surface area contributed by atoms with Crippen LogP contribution in [0.5, 0.6) is 0 Å². The fraction of sp³-hybridized carbons (Fsp3) is 0.391. The van der Waals surface area contributed by atoms with Gasteiger partial charge < -0.3 is 25.3 Å².